The monoisotopic (exact) mass is 482 g/mol. The Morgan fingerprint density at radius 2 is 1.58 bits per heavy atom. The van der Waals surface area contributed by atoms with Crippen molar-refractivity contribution < 1.29 is 13.2 Å². The zero-order valence-electron chi connectivity index (χ0n) is 16.7. The van der Waals surface area contributed by atoms with Gasteiger partial charge in [-0.1, -0.05) is 30.3 Å². The summed E-state index contributed by atoms with van der Waals surface area (Å²) in [4.78, 5) is 16.4. The lowest BCUT2D eigenvalue weighted by Crippen LogP contribution is -2.34. The van der Waals surface area contributed by atoms with Crippen molar-refractivity contribution in [2.75, 3.05) is 18.9 Å². The smallest absolute Gasteiger partial charge is 0.255 e. The maximum Gasteiger partial charge on any atom is 0.255 e. The van der Waals surface area contributed by atoms with Gasteiger partial charge in [0.2, 0.25) is 10.0 Å². The number of amides is 1. The summed E-state index contributed by atoms with van der Waals surface area (Å²) in [6, 6.07) is 17.9. The van der Waals surface area contributed by atoms with E-state index in [4.69, 9.17) is 5.73 Å². The maximum atomic E-state index is 12.6. The van der Waals surface area contributed by atoms with E-state index >= 15 is 0 Å². The second-order valence-electron chi connectivity index (χ2n) is 6.52. The molecule has 1 unspecified atom stereocenters. The van der Waals surface area contributed by atoms with Crippen molar-refractivity contribution in [3.8, 4) is 0 Å². The molecule has 0 saturated carbocycles. The molecule has 3 N–H and O–H groups in total. The molecule has 2 aromatic carbocycles. The molecular formula is C21H24Cl2N4O3S. The van der Waals surface area contributed by atoms with Crippen LogP contribution in [0.1, 0.15) is 22.0 Å². The van der Waals surface area contributed by atoms with E-state index in [1.54, 1.807) is 79.1 Å². The number of likely N-dealkylation sites (N-methyl/N-ethyl adjacent to an activating group) is 1. The van der Waals surface area contributed by atoms with Gasteiger partial charge >= 0.3 is 0 Å². The average Bonchev–Trinajstić information content (AvgIpc) is 2.75. The Balaban J connectivity index is 0.00000240. The molecule has 1 aromatic heterocycles. The highest BCUT2D eigenvalue weighted by molar-refractivity contribution is 7.89. The highest BCUT2D eigenvalue weighted by atomic mass is 35.5. The number of benzene rings is 2. The SMILES string of the molecule is CN(CC(N)c1ccc(C(=O)Nc2ccncc2)cc1)S(=O)(=O)c1ccccc1.Cl.Cl. The fourth-order valence-electron chi connectivity index (χ4n) is 2.77. The third-order valence-electron chi connectivity index (χ3n) is 4.44. The largest absolute Gasteiger partial charge is 0.323 e. The van der Waals surface area contributed by atoms with Crippen LogP contribution in [0.5, 0.6) is 0 Å². The molecule has 0 fully saturated rings. The molecule has 0 spiro atoms. The van der Waals surface area contributed by atoms with Gasteiger partial charge in [0.05, 0.1) is 4.90 Å². The predicted molar refractivity (Wildman–Crippen MR) is 126 cm³/mol. The first kappa shape index (κ1) is 26.5. The van der Waals surface area contributed by atoms with Gasteiger partial charge in [-0.05, 0) is 42.0 Å². The van der Waals surface area contributed by atoms with Crippen molar-refractivity contribution in [2.24, 2.45) is 5.73 Å². The van der Waals surface area contributed by atoms with E-state index in [2.05, 4.69) is 10.3 Å². The minimum absolute atomic E-state index is 0. The van der Waals surface area contributed by atoms with E-state index in [0.29, 0.717) is 11.3 Å². The van der Waals surface area contributed by atoms with Crippen molar-refractivity contribution in [3.63, 3.8) is 0 Å². The van der Waals surface area contributed by atoms with Crippen LogP contribution >= 0.6 is 24.8 Å². The molecule has 1 amide bonds. The first-order valence-electron chi connectivity index (χ1n) is 8.96. The van der Waals surface area contributed by atoms with Crippen LogP contribution in [0.2, 0.25) is 0 Å². The Kier molecular flexibility index (Phi) is 10.1. The van der Waals surface area contributed by atoms with Gasteiger partial charge in [-0.2, -0.15) is 4.31 Å². The van der Waals surface area contributed by atoms with Crippen molar-refractivity contribution >= 4 is 46.4 Å². The summed E-state index contributed by atoms with van der Waals surface area (Å²) in [6.45, 7) is 0.111. The maximum absolute atomic E-state index is 12.6. The second-order valence-corrected chi connectivity index (χ2v) is 8.56. The quantitative estimate of drug-likeness (QED) is 0.535. The molecule has 1 atom stereocenters. The van der Waals surface area contributed by atoms with Gasteiger partial charge in [-0.3, -0.25) is 9.78 Å². The summed E-state index contributed by atoms with van der Waals surface area (Å²) in [5.74, 6) is -0.250. The lowest BCUT2D eigenvalue weighted by atomic mass is 10.1. The Morgan fingerprint density at radius 3 is 2.16 bits per heavy atom. The molecule has 0 aliphatic carbocycles. The first-order chi connectivity index (χ1) is 13.9. The minimum Gasteiger partial charge on any atom is -0.323 e. The summed E-state index contributed by atoms with van der Waals surface area (Å²) >= 11 is 0. The zero-order chi connectivity index (χ0) is 20.9. The van der Waals surface area contributed by atoms with Crippen LogP contribution in [0.3, 0.4) is 0 Å². The fourth-order valence-corrected chi connectivity index (χ4v) is 3.99. The van der Waals surface area contributed by atoms with Gasteiger partial charge in [-0.15, -0.1) is 24.8 Å². The number of aromatic nitrogens is 1. The number of hydrogen-bond acceptors (Lipinski definition) is 5. The molecule has 3 aromatic rings. The zero-order valence-corrected chi connectivity index (χ0v) is 19.2. The molecule has 31 heavy (non-hydrogen) atoms. The summed E-state index contributed by atoms with van der Waals surface area (Å²) in [5.41, 5.74) is 8.07. The lowest BCUT2D eigenvalue weighted by molar-refractivity contribution is 0.102. The van der Waals surface area contributed by atoms with Crippen molar-refractivity contribution in [1.82, 2.24) is 9.29 Å². The van der Waals surface area contributed by atoms with Gasteiger partial charge in [0.15, 0.2) is 0 Å². The molecule has 0 aliphatic heterocycles. The standard InChI is InChI=1S/C21H22N4O3S.2ClH/c1-25(29(27,28)19-5-3-2-4-6-19)15-20(22)16-7-9-17(10-8-16)21(26)24-18-11-13-23-14-12-18;;/h2-14,20H,15,22H2,1H3,(H,23,24,26);2*1H. The van der Waals surface area contributed by atoms with Gasteiger partial charge in [0.25, 0.3) is 5.91 Å². The summed E-state index contributed by atoms with van der Waals surface area (Å²) < 4.78 is 26.5. The molecule has 7 nitrogen and oxygen atoms in total. The molecular weight excluding hydrogens is 459 g/mol. The van der Waals surface area contributed by atoms with Crippen LogP contribution < -0.4 is 11.1 Å². The number of nitrogens with zero attached hydrogens (tertiary/aromatic N) is 2. The van der Waals surface area contributed by atoms with Crippen molar-refractivity contribution in [3.05, 3.63) is 90.3 Å². The van der Waals surface area contributed by atoms with Crippen LogP contribution in [-0.4, -0.2) is 37.2 Å². The fraction of sp³-hybridized carbons (Fsp3) is 0.143. The average molecular weight is 483 g/mol. The van der Waals surface area contributed by atoms with Gasteiger partial charge in [-0.25, -0.2) is 8.42 Å². The number of sulfonamides is 1. The molecule has 166 valence electrons. The molecule has 0 radical (unpaired) electrons. The normalized spacial score (nSPS) is 11.7. The first-order valence-corrected chi connectivity index (χ1v) is 10.4. The molecule has 1 heterocycles. The van der Waals surface area contributed by atoms with E-state index in [-0.39, 0.29) is 42.2 Å². The Morgan fingerprint density at radius 1 is 1.00 bits per heavy atom. The van der Waals surface area contributed by atoms with Crippen LogP contribution in [0.25, 0.3) is 0 Å². The molecule has 0 aliphatic rings. The third-order valence-corrected chi connectivity index (χ3v) is 6.28. The number of hydrogen-bond donors (Lipinski definition) is 2. The van der Waals surface area contributed by atoms with Crippen molar-refractivity contribution in [2.45, 2.75) is 10.9 Å². The van der Waals surface area contributed by atoms with Crippen LogP contribution in [0.4, 0.5) is 5.69 Å². The Bertz CT molecular complexity index is 1070. The van der Waals surface area contributed by atoms with E-state index < -0.39 is 16.1 Å². The van der Waals surface area contributed by atoms with Gasteiger partial charge in [0, 0.05) is 43.3 Å². The number of nitrogens with two attached hydrogens (primary N) is 1. The number of anilines is 1. The Labute approximate surface area is 194 Å². The third kappa shape index (κ3) is 6.75. The van der Waals surface area contributed by atoms with Gasteiger partial charge < -0.3 is 11.1 Å². The highest BCUT2D eigenvalue weighted by Crippen LogP contribution is 2.19. The topological polar surface area (TPSA) is 105 Å². The van der Waals surface area contributed by atoms with Crippen LogP contribution in [-0.2, 0) is 10.0 Å². The number of rotatable bonds is 7. The van der Waals surface area contributed by atoms with Crippen LogP contribution in [0.15, 0.2) is 84.0 Å². The number of pyridine rings is 1. The molecule has 0 saturated heterocycles. The number of carbonyl (C=O) groups excluding carboxylic acids is 1. The highest BCUT2D eigenvalue weighted by Gasteiger charge is 2.23. The number of halogens is 2. The summed E-state index contributed by atoms with van der Waals surface area (Å²) in [7, 11) is -2.12. The Hall–Kier alpha value is -2.49. The molecule has 0 bridgehead atoms. The summed E-state index contributed by atoms with van der Waals surface area (Å²) in [6.07, 6.45) is 3.19. The number of carbonyl (C=O) groups is 1. The van der Waals surface area contributed by atoms with Crippen molar-refractivity contribution in [1.29, 1.82) is 0 Å². The molecule has 10 heteroatoms. The van der Waals surface area contributed by atoms with Gasteiger partial charge in [0.1, 0.15) is 0 Å². The van der Waals surface area contributed by atoms with Crippen LogP contribution in [0, 0.1) is 0 Å². The predicted octanol–water partition coefficient (Wildman–Crippen LogP) is 3.50. The summed E-state index contributed by atoms with van der Waals surface area (Å²) in [5, 5.41) is 2.78. The van der Waals surface area contributed by atoms with E-state index in [9.17, 15) is 13.2 Å². The minimum atomic E-state index is -3.61. The molecule has 3 rings (SSSR count). The second kappa shape index (κ2) is 11.8. The van der Waals surface area contributed by atoms with E-state index in [0.717, 1.165) is 5.56 Å². The van der Waals surface area contributed by atoms with E-state index in [1.165, 1.54) is 11.4 Å². The number of nitrogens with one attached hydrogen (secondary N) is 1. The van der Waals surface area contributed by atoms with E-state index in [1.807, 2.05) is 0 Å². The lowest BCUT2D eigenvalue weighted by Gasteiger charge is -2.21.